The molecule has 1 atom stereocenters. The average Bonchev–Trinajstić information content (AvgIpc) is 3.54. The number of nitrogens with one attached hydrogen (secondary N) is 1. The number of aromatic nitrogens is 3. The Balaban J connectivity index is 1.32. The number of hydrogen-bond donors (Lipinski definition) is 1. The van der Waals surface area contributed by atoms with Gasteiger partial charge in [-0.25, -0.2) is 18.9 Å². The van der Waals surface area contributed by atoms with Crippen LogP contribution in [0.2, 0.25) is 0 Å². The summed E-state index contributed by atoms with van der Waals surface area (Å²) in [5.74, 6) is -1.44. The minimum absolute atomic E-state index is 0.0600. The molecule has 2 heterocycles. The fourth-order valence-corrected chi connectivity index (χ4v) is 5.49. The summed E-state index contributed by atoms with van der Waals surface area (Å²) in [7, 11) is 0. The molecule has 1 aliphatic rings. The van der Waals surface area contributed by atoms with Gasteiger partial charge in [0.1, 0.15) is 17.9 Å². The molecule has 0 spiro atoms. The van der Waals surface area contributed by atoms with Crippen LogP contribution in [-0.4, -0.2) is 42.9 Å². The number of alkyl halides is 4. The van der Waals surface area contributed by atoms with Crippen molar-refractivity contribution in [1.29, 1.82) is 0 Å². The number of hydrogen-bond acceptors (Lipinski definition) is 6. The Bertz CT molecular complexity index is 1760. The number of aryl methyl sites for hydroxylation is 1. The number of thioether (sulfide) groups is 1. The second-order valence-electron chi connectivity index (χ2n) is 9.90. The second-order valence-corrected chi connectivity index (χ2v) is 11.7. The normalized spacial score (nSPS) is 16.2. The molecular weight excluding hydrogens is 624 g/mol. The van der Waals surface area contributed by atoms with Crippen molar-refractivity contribution in [3.05, 3.63) is 83.9 Å². The predicted octanol–water partition coefficient (Wildman–Crippen LogP) is 7.64. The number of urea groups is 1. The SMILES string of the molecule is Cc1ccc(C(C)C)c(N2C(=O)C(Cl)S/C2=N\C(=O)Nc2ccc(-c3ncn(-c4ccc(OC(F)(F)F)cc4)n3)cc2F)c1. The zero-order valence-corrected chi connectivity index (χ0v) is 24.8. The minimum atomic E-state index is -4.81. The summed E-state index contributed by atoms with van der Waals surface area (Å²) >= 11 is 7.14. The van der Waals surface area contributed by atoms with Crippen molar-refractivity contribution in [2.45, 2.75) is 37.8 Å². The van der Waals surface area contributed by atoms with Gasteiger partial charge in [0.05, 0.1) is 17.1 Å². The van der Waals surface area contributed by atoms with Crippen molar-refractivity contribution < 1.29 is 31.9 Å². The Kier molecular flexibility index (Phi) is 8.66. The third kappa shape index (κ3) is 6.86. The van der Waals surface area contributed by atoms with E-state index >= 15 is 4.39 Å². The summed E-state index contributed by atoms with van der Waals surface area (Å²) in [5, 5.41) is 6.69. The third-order valence-corrected chi connectivity index (χ3v) is 7.70. The number of amides is 3. The van der Waals surface area contributed by atoms with E-state index in [2.05, 4.69) is 25.1 Å². The van der Waals surface area contributed by atoms with Crippen LogP contribution in [0.15, 0.2) is 72.0 Å². The van der Waals surface area contributed by atoms with Crippen LogP contribution in [-0.2, 0) is 4.79 Å². The number of ether oxygens (including phenoxy) is 1. The Hall–Kier alpha value is -4.43. The monoisotopic (exact) mass is 646 g/mol. The van der Waals surface area contributed by atoms with E-state index in [4.69, 9.17) is 11.6 Å². The number of carbonyl (C=O) groups is 2. The van der Waals surface area contributed by atoms with Crippen LogP contribution < -0.4 is 15.0 Å². The van der Waals surface area contributed by atoms with E-state index in [9.17, 15) is 22.8 Å². The first-order valence-corrected chi connectivity index (χ1v) is 14.3. The number of amidine groups is 1. The molecule has 5 rings (SSSR count). The predicted molar refractivity (Wildman–Crippen MR) is 160 cm³/mol. The fraction of sp³-hybridized carbons (Fsp3) is 0.207. The van der Waals surface area contributed by atoms with Gasteiger partial charge in [0, 0.05) is 5.56 Å². The largest absolute Gasteiger partial charge is 0.573 e. The van der Waals surface area contributed by atoms with Gasteiger partial charge >= 0.3 is 12.4 Å². The van der Waals surface area contributed by atoms with E-state index < -0.39 is 34.6 Å². The highest BCUT2D eigenvalue weighted by Crippen LogP contribution is 2.38. The number of nitrogens with zero attached hydrogens (tertiary/aromatic N) is 5. The topological polar surface area (TPSA) is 102 Å². The molecule has 0 radical (unpaired) electrons. The van der Waals surface area contributed by atoms with E-state index in [-0.39, 0.29) is 28.2 Å². The first-order chi connectivity index (χ1) is 20.8. The van der Waals surface area contributed by atoms with Crippen molar-refractivity contribution in [3.8, 4) is 22.8 Å². The number of aliphatic imine (C=N–C) groups is 1. The van der Waals surface area contributed by atoms with Gasteiger partial charge in [0.15, 0.2) is 15.7 Å². The lowest BCUT2D eigenvalue weighted by Gasteiger charge is -2.22. The Morgan fingerprint density at radius 3 is 2.50 bits per heavy atom. The summed E-state index contributed by atoms with van der Waals surface area (Å²) in [6.07, 6.45) is -3.50. The first-order valence-electron chi connectivity index (χ1n) is 13.0. The van der Waals surface area contributed by atoms with E-state index in [1.165, 1.54) is 40.2 Å². The fourth-order valence-electron chi connectivity index (χ4n) is 4.33. The van der Waals surface area contributed by atoms with Gasteiger partial charge < -0.3 is 10.1 Å². The highest BCUT2D eigenvalue weighted by atomic mass is 35.5. The van der Waals surface area contributed by atoms with Crippen LogP contribution in [0.3, 0.4) is 0 Å². The first kappa shape index (κ1) is 31.0. The molecule has 44 heavy (non-hydrogen) atoms. The Morgan fingerprint density at radius 2 is 1.84 bits per heavy atom. The van der Waals surface area contributed by atoms with Crippen LogP contribution in [0.25, 0.3) is 17.1 Å². The van der Waals surface area contributed by atoms with Crippen LogP contribution in [0.5, 0.6) is 5.75 Å². The van der Waals surface area contributed by atoms with Crippen molar-refractivity contribution in [2.24, 2.45) is 4.99 Å². The molecule has 228 valence electrons. The molecule has 0 bridgehead atoms. The molecule has 9 nitrogen and oxygen atoms in total. The lowest BCUT2D eigenvalue weighted by atomic mass is 9.99. The molecule has 0 aliphatic carbocycles. The summed E-state index contributed by atoms with van der Waals surface area (Å²) in [6, 6.07) is 13.6. The minimum Gasteiger partial charge on any atom is -0.406 e. The number of benzene rings is 3. The maximum Gasteiger partial charge on any atom is 0.573 e. The van der Waals surface area contributed by atoms with Gasteiger partial charge in [-0.05, 0) is 72.5 Å². The molecule has 0 saturated carbocycles. The van der Waals surface area contributed by atoms with Gasteiger partial charge in [-0.3, -0.25) is 9.69 Å². The molecule has 3 amide bonds. The molecule has 1 fully saturated rings. The summed E-state index contributed by atoms with van der Waals surface area (Å²) < 4.78 is 56.4. The number of carbonyl (C=O) groups excluding carboxylic acids is 2. The van der Waals surface area contributed by atoms with E-state index in [0.717, 1.165) is 41.1 Å². The van der Waals surface area contributed by atoms with Gasteiger partial charge in [0.25, 0.3) is 5.91 Å². The van der Waals surface area contributed by atoms with Crippen LogP contribution in [0.1, 0.15) is 30.9 Å². The van der Waals surface area contributed by atoms with Crippen molar-refractivity contribution in [2.75, 3.05) is 10.2 Å². The van der Waals surface area contributed by atoms with E-state index in [1.54, 1.807) is 0 Å². The zero-order chi connectivity index (χ0) is 31.8. The molecule has 1 aromatic heterocycles. The molecule has 1 N–H and O–H groups in total. The van der Waals surface area contributed by atoms with Gasteiger partial charge in [-0.2, -0.15) is 4.99 Å². The lowest BCUT2D eigenvalue weighted by molar-refractivity contribution is -0.274. The number of anilines is 2. The smallest absolute Gasteiger partial charge is 0.406 e. The van der Waals surface area contributed by atoms with Gasteiger partial charge in [0.2, 0.25) is 0 Å². The number of halogens is 5. The van der Waals surface area contributed by atoms with Crippen molar-refractivity contribution in [1.82, 2.24) is 14.8 Å². The highest BCUT2D eigenvalue weighted by molar-refractivity contribution is 8.17. The zero-order valence-electron chi connectivity index (χ0n) is 23.3. The van der Waals surface area contributed by atoms with Crippen LogP contribution in [0.4, 0.5) is 33.7 Å². The van der Waals surface area contributed by atoms with E-state index in [0.29, 0.717) is 11.4 Å². The third-order valence-electron chi connectivity index (χ3n) is 6.36. The van der Waals surface area contributed by atoms with Gasteiger partial charge in [-0.1, -0.05) is 49.3 Å². The molecular formula is C29H23ClF4N6O3S. The Labute approximate surface area is 257 Å². The lowest BCUT2D eigenvalue weighted by Crippen LogP contribution is -2.32. The maximum atomic E-state index is 15.0. The summed E-state index contributed by atoms with van der Waals surface area (Å²) in [5.41, 5.74) is 2.83. The van der Waals surface area contributed by atoms with Crippen LogP contribution >= 0.6 is 23.4 Å². The quantitative estimate of drug-likeness (QED) is 0.171. The Morgan fingerprint density at radius 1 is 1.11 bits per heavy atom. The molecule has 1 aliphatic heterocycles. The van der Waals surface area contributed by atoms with Gasteiger partial charge in [-0.15, -0.1) is 18.3 Å². The average molecular weight is 647 g/mol. The van der Waals surface area contributed by atoms with Crippen LogP contribution in [0, 0.1) is 12.7 Å². The second kappa shape index (κ2) is 12.3. The highest BCUT2D eigenvalue weighted by Gasteiger charge is 2.39. The summed E-state index contributed by atoms with van der Waals surface area (Å²) in [6.45, 7) is 5.83. The molecule has 1 unspecified atom stereocenters. The standard InChI is InChI=1S/C29H23ClF4N6O3S/c1-15(2)20-10-4-16(3)12-23(20)40-26(41)24(30)44-28(40)37-27(42)36-22-11-5-17(13-21(22)31)25-35-14-39(38-25)18-6-8-19(9-7-18)43-29(32,33)34/h4-15,24H,1-3H3,(H,36,42)/b37-28-. The van der Waals surface area contributed by atoms with E-state index in [1.807, 2.05) is 39.0 Å². The summed E-state index contributed by atoms with van der Waals surface area (Å²) in [4.78, 5) is 35.3. The maximum absolute atomic E-state index is 15.0. The number of rotatable bonds is 6. The van der Waals surface area contributed by atoms with Crippen molar-refractivity contribution in [3.63, 3.8) is 0 Å². The molecule has 3 aromatic carbocycles. The van der Waals surface area contributed by atoms with Crippen molar-refractivity contribution >= 4 is 51.8 Å². The molecule has 1 saturated heterocycles. The molecule has 4 aromatic rings. The molecule has 15 heteroatoms.